The molecule has 0 aromatic heterocycles. The molecule has 1 N–H and O–H groups in total. The van der Waals surface area contributed by atoms with Crippen molar-refractivity contribution in [3.8, 4) is 0 Å². The lowest BCUT2D eigenvalue weighted by atomic mass is 10.0. The monoisotopic (exact) mass is 396 g/mol. The van der Waals surface area contributed by atoms with Crippen LogP contribution in [0.4, 0.5) is 10.1 Å². The third kappa shape index (κ3) is 4.06. The van der Waals surface area contributed by atoms with Crippen molar-refractivity contribution in [2.24, 2.45) is 0 Å². The van der Waals surface area contributed by atoms with Crippen molar-refractivity contribution in [2.45, 2.75) is 30.2 Å². The molecule has 0 aliphatic carbocycles. The molecule has 1 fully saturated rings. The second-order valence-electron chi connectivity index (χ2n) is 6.08. The van der Waals surface area contributed by atoms with Crippen LogP contribution in [0, 0.1) is 5.82 Å². The van der Waals surface area contributed by atoms with Gasteiger partial charge in [0.15, 0.2) is 0 Å². The van der Waals surface area contributed by atoms with Crippen LogP contribution in [-0.4, -0.2) is 31.2 Å². The Hall–Kier alpha value is -1.96. The standard InChI is InChI=1S/C18H18ClFN2O3S/c19-13-4-3-5-15(12-13)21-18(23)17-6-1-2-11-22(17)26(24,25)16-9-7-14(20)8-10-16/h3-5,7-10,12,17H,1-2,6,11H2,(H,21,23)/t17-/m1/s1. The molecule has 26 heavy (non-hydrogen) atoms. The molecule has 0 unspecified atom stereocenters. The Labute approximate surface area is 156 Å². The average molecular weight is 397 g/mol. The van der Waals surface area contributed by atoms with Crippen molar-refractivity contribution in [1.82, 2.24) is 4.31 Å². The van der Waals surface area contributed by atoms with E-state index in [9.17, 15) is 17.6 Å². The molecule has 0 spiro atoms. The van der Waals surface area contributed by atoms with Gasteiger partial charge < -0.3 is 5.32 Å². The van der Waals surface area contributed by atoms with Crippen LogP contribution < -0.4 is 5.32 Å². The maximum atomic E-state index is 13.1. The van der Waals surface area contributed by atoms with Gasteiger partial charge in [-0.1, -0.05) is 24.1 Å². The summed E-state index contributed by atoms with van der Waals surface area (Å²) in [5.74, 6) is -0.921. The second kappa shape index (κ2) is 7.73. The van der Waals surface area contributed by atoms with Crippen molar-refractivity contribution >= 4 is 33.2 Å². The molecule has 1 aliphatic heterocycles. The minimum Gasteiger partial charge on any atom is -0.325 e. The fraction of sp³-hybridized carbons (Fsp3) is 0.278. The van der Waals surface area contributed by atoms with Crippen molar-refractivity contribution < 1.29 is 17.6 Å². The van der Waals surface area contributed by atoms with Crippen molar-refractivity contribution in [1.29, 1.82) is 0 Å². The third-order valence-corrected chi connectivity index (χ3v) is 6.43. The Morgan fingerprint density at radius 1 is 1.15 bits per heavy atom. The average Bonchev–Trinajstić information content (AvgIpc) is 2.62. The van der Waals surface area contributed by atoms with E-state index in [2.05, 4.69) is 5.32 Å². The molecule has 2 aromatic carbocycles. The van der Waals surface area contributed by atoms with Gasteiger partial charge in [-0.25, -0.2) is 12.8 Å². The first kappa shape index (κ1) is 18.8. The van der Waals surface area contributed by atoms with Crippen LogP contribution in [0.2, 0.25) is 5.02 Å². The Kier molecular flexibility index (Phi) is 5.60. The summed E-state index contributed by atoms with van der Waals surface area (Å²) in [5, 5.41) is 3.20. The van der Waals surface area contributed by atoms with E-state index in [1.807, 2.05) is 0 Å². The summed E-state index contributed by atoms with van der Waals surface area (Å²) in [6, 6.07) is 10.5. The molecule has 8 heteroatoms. The Morgan fingerprint density at radius 2 is 1.88 bits per heavy atom. The van der Waals surface area contributed by atoms with Gasteiger partial charge in [0.2, 0.25) is 15.9 Å². The maximum absolute atomic E-state index is 13.1. The van der Waals surface area contributed by atoms with Crippen LogP contribution >= 0.6 is 11.6 Å². The molecule has 5 nitrogen and oxygen atoms in total. The molecule has 0 radical (unpaired) electrons. The number of benzene rings is 2. The highest BCUT2D eigenvalue weighted by molar-refractivity contribution is 7.89. The number of sulfonamides is 1. The Balaban J connectivity index is 1.85. The van der Waals surface area contributed by atoms with Crippen molar-refractivity contribution in [2.75, 3.05) is 11.9 Å². The molecule has 1 atom stereocenters. The number of nitrogens with one attached hydrogen (secondary N) is 1. The van der Waals surface area contributed by atoms with Gasteiger partial charge in [0.1, 0.15) is 11.9 Å². The summed E-state index contributed by atoms with van der Waals surface area (Å²) < 4.78 is 40.2. The van der Waals surface area contributed by atoms with Gasteiger partial charge in [0.05, 0.1) is 4.90 Å². The van der Waals surface area contributed by atoms with Crippen LogP contribution in [0.5, 0.6) is 0 Å². The number of rotatable bonds is 4. The molecular formula is C18H18ClFN2O3S. The lowest BCUT2D eigenvalue weighted by molar-refractivity contribution is -0.120. The zero-order chi connectivity index (χ0) is 18.7. The molecule has 2 aromatic rings. The first-order chi connectivity index (χ1) is 12.4. The number of carbonyl (C=O) groups is 1. The molecule has 1 amide bonds. The van der Waals surface area contributed by atoms with Crippen LogP contribution in [0.1, 0.15) is 19.3 Å². The highest BCUT2D eigenvalue weighted by Gasteiger charge is 2.37. The number of carbonyl (C=O) groups excluding carboxylic acids is 1. The Morgan fingerprint density at radius 3 is 2.58 bits per heavy atom. The van der Waals surface area contributed by atoms with Gasteiger partial charge in [-0.3, -0.25) is 4.79 Å². The van der Waals surface area contributed by atoms with E-state index >= 15 is 0 Å². The summed E-state index contributed by atoms with van der Waals surface area (Å²) in [5.41, 5.74) is 0.507. The quantitative estimate of drug-likeness (QED) is 0.857. The summed E-state index contributed by atoms with van der Waals surface area (Å²) in [6.07, 6.45) is 1.84. The van der Waals surface area contributed by atoms with Gasteiger partial charge in [-0.2, -0.15) is 4.31 Å². The second-order valence-corrected chi connectivity index (χ2v) is 8.41. The van der Waals surface area contributed by atoms with Gasteiger partial charge in [-0.15, -0.1) is 0 Å². The maximum Gasteiger partial charge on any atom is 0.243 e. The summed E-state index contributed by atoms with van der Waals surface area (Å²) in [6.45, 7) is 0.243. The number of piperidine rings is 1. The fourth-order valence-corrected chi connectivity index (χ4v) is 4.84. The fourth-order valence-electron chi connectivity index (χ4n) is 2.99. The van der Waals surface area contributed by atoms with Crippen molar-refractivity contribution in [3.63, 3.8) is 0 Å². The zero-order valence-corrected chi connectivity index (χ0v) is 15.4. The van der Waals surface area contributed by atoms with Gasteiger partial charge >= 0.3 is 0 Å². The van der Waals surface area contributed by atoms with Gasteiger partial charge in [0, 0.05) is 17.3 Å². The molecule has 1 saturated heterocycles. The largest absolute Gasteiger partial charge is 0.325 e. The lowest BCUT2D eigenvalue weighted by Gasteiger charge is -2.33. The zero-order valence-electron chi connectivity index (χ0n) is 13.9. The van der Waals surface area contributed by atoms with Gasteiger partial charge in [0.25, 0.3) is 0 Å². The summed E-state index contributed by atoms with van der Waals surface area (Å²) >= 11 is 5.92. The molecule has 0 saturated carbocycles. The molecular weight excluding hydrogens is 379 g/mol. The highest BCUT2D eigenvalue weighted by Crippen LogP contribution is 2.27. The summed E-state index contributed by atoms with van der Waals surface area (Å²) in [7, 11) is -3.89. The number of amides is 1. The third-order valence-electron chi connectivity index (χ3n) is 4.27. The Bertz CT molecular complexity index is 903. The predicted octanol–water partition coefficient (Wildman–Crippen LogP) is 3.66. The van der Waals surface area contributed by atoms with Crippen LogP contribution in [0.3, 0.4) is 0 Å². The smallest absolute Gasteiger partial charge is 0.243 e. The van der Waals surface area contributed by atoms with E-state index < -0.39 is 27.8 Å². The first-order valence-electron chi connectivity index (χ1n) is 8.22. The van der Waals surface area contributed by atoms with E-state index in [-0.39, 0.29) is 11.4 Å². The lowest BCUT2D eigenvalue weighted by Crippen LogP contribution is -2.49. The first-order valence-corrected chi connectivity index (χ1v) is 10.0. The molecule has 1 aliphatic rings. The SMILES string of the molecule is O=C(Nc1cccc(Cl)c1)[C@H]1CCCCN1S(=O)(=O)c1ccc(F)cc1. The number of hydrogen-bond donors (Lipinski definition) is 1. The minimum atomic E-state index is -3.89. The number of nitrogens with zero attached hydrogens (tertiary/aromatic N) is 1. The molecule has 0 bridgehead atoms. The molecule has 3 rings (SSSR count). The number of hydrogen-bond acceptors (Lipinski definition) is 3. The molecule has 138 valence electrons. The van der Waals surface area contributed by atoms with Gasteiger partial charge in [-0.05, 0) is 55.3 Å². The minimum absolute atomic E-state index is 0.0265. The predicted molar refractivity (Wildman–Crippen MR) is 98.0 cm³/mol. The van der Waals surface area contributed by atoms with E-state index in [0.29, 0.717) is 23.6 Å². The van der Waals surface area contributed by atoms with Crippen LogP contribution in [0.15, 0.2) is 53.4 Å². The van der Waals surface area contributed by atoms with Crippen LogP contribution in [-0.2, 0) is 14.8 Å². The normalized spacial score (nSPS) is 18.5. The number of anilines is 1. The van der Waals surface area contributed by atoms with Crippen LogP contribution in [0.25, 0.3) is 0 Å². The van der Waals surface area contributed by atoms with Crippen molar-refractivity contribution in [3.05, 3.63) is 59.4 Å². The summed E-state index contributed by atoms with van der Waals surface area (Å²) in [4.78, 5) is 12.7. The van der Waals surface area contributed by atoms with E-state index in [0.717, 1.165) is 18.6 Å². The number of halogens is 2. The topological polar surface area (TPSA) is 66.5 Å². The highest BCUT2D eigenvalue weighted by atomic mass is 35.5. The van der Waals surface area contributed by atoms with E-state index in [1.54, 1.807) is 24.3 Å². The molecule has 1 heterocycles. The van der Waals surface area contributed by atoms with E-state index in [4.69, 9.17) is 11.6 Å². The van der Waals surface area contributed by atoms with E-state index in [1.165, 1.54) is 16.4 Å².